The number of piperidine rings is 1. The summed E-state index contributed by atoms with van der Waals surface area (Å²) in [4.78, 5) is 22.8. The largest absolute Gasteiger partial charge is 0.296 e. The minimum absolute atomic E-state index is 0.122. The zero-order valence-electron chi connectivity index (χ0n) is 9.22. The number of carbonyl (C=O) groups excluding carboxylic acids is 2. The highest BCUT2D eigenvalue weighted by Gasteiger charge is 2.38. The third-order valence-corrected chi connectivity index (χ3v) is 3.45. The van der Waals surface area contributed by atoms with Crippen LogP contribution in [-0.4, -0.2) is 11.8 Å². The van der Waals surface area contributed by atoms with E-state index in [0.29, 0.717) is 10.0 Å². The molecule has 1 aromatic carbocycles. The number of nitrogens with one attached hydrogen (secondary N) is 1. The lowest BCUT2D eigenvalue weighted by Crippen LogP contribution is -2.45. The zero-order chi connectivity index (χ0) is 12.6. The number of halogens is 2. The van der Waals surface area contributed by atoms with Crippen LogP contribution in [0, 0.1) is 5.82 Å². The molecular formula is C12H11BrFNO2. The topological polar surface area (TPSA) is 46.2 Å². The number of hydrogen-bond acceptors (Lipinski definition) is 2. The number of hydrogen-bond donors (Lipinski definition) is 1. The molecule has 0 aromatic heterocycles. The van der Waals surface area contributed by atoms with Gasteiger partial charge in [-0.2, -0.15) is 0 Å². The highest BCUT2D eigenvalue weighted by Crippen LogP contribution is 2.36. The predicted octanol–water partition coefficient (Wildman–Crippen LogP) is 2.28. The SMILES string of the molecule is CC1(c2ccc(Br)cc2F)CC(=O)NC(=O)C1. The molecule has 17 heavy (non-hydrogen) atoms. The van der Waals surface area contributed by atoms with E-state index < -0.39 is 11.2 Å². The summed E-state index contributed by atoms with van der Waals surface area (Å²) in [7, 11) is 0. The summed E-state index contributed by atoms with van der Waals surface area (Å²) in [6.07, 6.45) is 0.245. The van der Waals surface area contributed by atoms with E-state index in [4.69, 9.17) is 0 Å². The van der Waals surface area contributed by atoms with Gasteiger partial charge in [0.2, 0.25) is 11.8 Å². The normalized spacial score (nSPS) is 19.0. The molecule has 1 aliphatic rings. The summed E-state index contributed by atoms with van der Waals surface area (Å²) in [5, 5.41) is 2.23. The molecule has 1 fully saturated rings. The van der Waals surface area contributed by atoms with Crippen molar-refractivity contribution in [2.24, 2.45) is 0 Å². The molecule has 1 saturated heterocycles. The van der Waals surface area contributed by atoms with Gasteiger partial charge in [0, 0.05) is 22.7 Å². The van der Waals surface area contributed by atoms with Crippen LogP contribution in [-0.2, 0) is 15.0 Å². The van der Waals surface area contributed by atoms with Gasteiger partial charge in [0.25, 0.3) is 0 Å². The van der Waals surface area contributed by atoms with Crippen LogP contribution in [0.4, 0.5) is 4.39 Å². The van der Waals surface area contributed by atoms with Crippen molar-refractivity contribution in [3.63, 3.8) is 0 Å². The van der Waals surface area contributed by atoms with E-state index >= 15 is 0 Å². The Hall–Kier alpha value is -1.23. The fraction of sp³-hybridized carbons (Fsp3) is 0.333. The van der Waals surface area contributed by atoms with E-state index in [0.717, 1.165) is 0 Å². The molecule has 5 heteroatoms. The Labute approximate surface area is 107 Å². The van der Waals surface area contributed by atoms with Crippen molar-refractivity contribution in [1.29, 1.82) is 0 Å². The lowest BCUT2D eigenvalue weighted by atomic mass is 9.74. The summed E-state index contributed by atoms with van der Waals surface area (Å²) in [6.45, 7) is 1.73. The molecule has 0 saturated carbocycles. The Morgan fingerprint density at radius 1 is 1.29 bits per heavy atom. The molecule has 0 spiro atoms. The third-order valence-electron chi connectivity index (χ3n) is 2.96. The van der Waals surface area contributed by atoms with Crippen LogP contribution in [0.5, 0.6) is 0 Å². The van der Waals surface area contributed by atoms with E-state index in [2.05, 4.69) is 21.2 Å². The number of imide groups is 1. The molecule has 0 bridgehead atoms. The summed E-state index contributed by atoms with van der Waals surface area (Å²) >= 11 is 3.18. The number of benzene rings is 1. The maximum Gasteiger partial charge on any atom is 0.227 e. The van der Waals surface area contributed by atoms with Crippen molar-refractivity contribution >= 4 is 27.7 Å². The standard InChI is InChI=1S/C12H11BrFNO2/c1-12(5-10(16)15-11(17)6-12)8-3-2-7(13)4-9(8)14/h2-4H,5-6H2,1H3,(H,15,16,17). The molecule has 0 radical (unpaired) electrons. The molecule has 1 heterocycles. The third kappa shape index (κ3) is 2.39. The smallest absolute Gasteiger partial charge is 0.227 e. The quantitative estimate of drug-likeness (QED) is 0.809. The Bertz CT molecular complexity index is 485. The molecule has 0 unspecified atom stereocenters. The first kappa shape index (κ1) is 12.2. The second kappa shape index (κ2) is 4.22. The molecule has 0 atom stereocenters. The van der Waals surface area contributed by atoms with Crippen molar-refractivity contribution in [2.45, 2.75) is 25.2 Å². The summed E-state index contributed by atoms with van der Waals surface area (Å²) in [5.41, 5.74) is -0.353. The van der Waals surface area contributed by atoms with Gasteiger partial charge in [0.1, 0.15) is 5.82 Å². The van der Waals surface area contributed by atoms with E-state index in [-0.39, 0.29) is 24.7 Å². The van der Waals surface area contributed by atoms with Gasteiger partial charge in [-0.25, -0.2) is 4.39 Å². The van der Waals surface area contributed by atoms with Crippen molar-refractivity contribution in [1.82, 2.24) is 5.32 Å². The van der Waals surface area contributed by atoms with Crippen LogP contribution in [0.3, 0.4) is 0 Å². The summed E-state index contributed by atoms with van der Waals surface area (Å²) < 4.78 is 14.5. The highest BCUT2D eigenvalue weighted by atomic mass is 79.9. The van der Waals surface area contributed by atoms with Crippen LogP contribution >= 0.6 is 15.9 Å². The molecule has 0 aliphatic carbocycles. The summed E-state index contributed by atoms with van der Waals surface area (Å²) in [6, 6.07) is 4.67. The van der Waals surface area contributed by atoms with Gasteiger partial charge in [0.15, 0.2) is 0 Å². The fourth-order valence-corrected chi connectivity index (χ4v) is 2.52. The lowest BCUT2D eigenvalue weighted by Gasteiger charge is -2.32. The van der Waals surface area contributed by atoms with Crippen molar-refractivity contribution in [3.05, 3.63) is 34.1 Å². The van der Waals surface area contributed by atoms with E-state index in [9.17, 15) is 14.0 Å². The van der Waals surface area contributed by atoms with Gasteiger partial charge in [-0.05, 0) is 17.7 Å². The lowest BCUT2D eigenvalue weighted by molar-refractivity contribution is -0.135. The average Bonchev–Trinajstić information content (AvgIpc) is 2.13. The Kier molecular flexibility index (Phi) is 3.03. The number of rotatable bonds is 1. The Balaban J connectivity index is 2.43. The van der Waals surface area contributed by atoms with Crippen LogP contribution in [0.1, 0.15) is 25.3 Å². The van der Waals surface area contributed by atoms with Crippen LogP contribution in [0.25, 0.3) is 0 Å². The first-order valence-corrected chi connectivity index (χ1v) is 5.98. The predicted molar refractivity (Wildman–Crippen MR) is 63.8 cm³/mol. The fourth-order valence-electron chi connectivity index (χ4n) is 2.18. The minimum Gasteiger partial charge on any atom is -0.296 e. The molecule has 2 rings (SSSR count). The van der Waals surface area contributed by atoms with Gasteiger partial charge in [0.05, 0.1) is 0 Å². The van der Waals surface area contributed by atoms with Gasteiger partial charge in [-0.1, -0.05) is 28.9 Å². The van der Waals surface area contributed by atoms with Gasteiger partial charge < -0.3 is 0 Å². The average molecular weight is 300 g/mol. The van der Waals surface area contributed by atoms with Crippen LogP contribution in [0.2, 0.25) is 0 Å². The maximum atomic E-state index is 13.9. The van der Waals surface area contributed by atoms with E-state index in [1.165, 1.54) is 6.07 Å². The second-order valence-electron chi connectivity index (χ2n) is 4.51. The highest BCUT2D eigenvalue weighted by molar-refractivity contribution is 9.10. The molecular weight excluding hydrogens is 289 g/mol. The van der Waals surface area contributed by atoms with Crippen LogP contribution < -0.4 is 5.32 Å². The van der Waals surface area contributed by atoms with Crippen LogP contribution in [0.15, 0.2) is 22.7 Å². The maximum absolute atomic E-state index is 13.9. The molecule has 1 aliphatic heterocycles. The minimum atomic E-state index is -0.760. The number of amides is 2. The Morgan fingerprint density at radius 2 is 1.88 bits per heavy atom. The first-order valence-electron chi connectivity index (χ1n) is 5.19. The molecule has 1 aromatic rings. The molecule has 2 amide bonds. The van der Waals surface area contributed by atoms with Gasteiger partial charge in [-0.3, -0.25) is 14.9 Å². The summed E-state index contributed by atoms with van der Waals surface area (Å²) in [5.74, 6) is -1.11. The Morgan fingerprint density at radius 3 is 2.41 bits per heavy atom. The molecule has 3 nitrogen and oxygen atoms in total. The number of carbonyl (C=O) groups is 2. The first-order chi connectivity index (χ1) is 7.90. The van der Waals surface area contributed by atoms with Crippen molar-refractivity contribution < 1.29 is 14.0 Å². The van der Waals surface area contributed by atoms with Crippen molar-refractivity contribution in [2.75, 3.05) is 0 Å². The molecule has 90 valence electrons. The van der Waals surface area contributed by atoms with E-state index in [1.54, 1.807) is 19.1 Å². The van der Waals surface area contributed by atoms with Crippen molar-refractivity contribution in [3.8, 4) is 0 Å². The second-order valence-corrected chi connectivity index (χ2v) is 5.43. The monoisotopic (exact) mass is 299 g/mol. The molecule has 1 N–H and O–H groups in total. The van der Waals surface area contributed by atoms with Gasteiger partial charge >= 0.3 is 0 Å². The van der Waals surface area contributed by atoms with E-state index in [1.807, 2.05) is 0 Å². The van der Waals surface area contributed by atoms with Gasteiger partial charge in [-0.15, -0.1) is 0 Å². The zero-order valence-corrected chi connectivity index (χ0v) is 10.8.